The number of anilines is 1. The lowest BCUT2D eigenvalue weighted by molar-refractivity contribution is 0.256. The van der Waals surface area contributed by atoms with Crippen molar-refractivity contribution in [2.24, 2.45) is 0 Å². The molecule has 0 bridgehead atoms. The fraction of sp³-hybridized carbons (Fsp3) is 0.524. The lowest BCUT2D eigenvalue weighted by Gasteiger charge is -2.29. The van der Waals surface area contributed by atoms with E-state index in [1.165, 1.54) is 37.2 Å². The summed E-state index contributed by atoms with van der Waals surface area (Å²) in [5.74, 6) is 1.82. The van der Waals surface area contributed by atoms with E-state index in [4.69, 9.17) is 9.72 Å². The van der Waals surface area contributed by atoms with Gasteiger partial charge in [-0.25, -0.2) is 9.97 Å². The predicted molar refractivity (Wildman–Crippen MR) is 104 cm³/mol. The van der Waals surface area contributed by atoms with Gasteiger partial charge in [-0.15, -0.1) is 0 Å². The topological polar surface area (TPSA) is 41.5 Å². The number of aromatic nitrogens is 2. The maximum atomic E-state index is 5.90. The largest absolute Gasteiger partial charge is 0.478 e. The zero-order valence-corrected chi connectivity index (χ0v) is 15.7. The van der Waals surface area contributed by atoms with Crippen LogP contribution in [0.5, 0.6) is 5.88 Å². The highest BCUT2D eigenvalue weighted by Crippen LogP contribution is 2.24. The maximum Gasteiger partial charge on any atom is 0.213 e. The van der Waals surface area contributed by atoms with Crippen molar-refractivity contribution in [3.8, 4) is 5.88 Å². The Balaban J connectivity index is 1.31. The molecule has 138 valence electrons. The highest BCUT2D eigenvalue weighted by Gasteiger charge is 2.19. The molecular weight excluding hydrogens is 324 g/mol. The number of nitrogens with zero attached hydrogens (tertiary/aromatic N) is 4. The molecule has 26 heavy (non-hydrogen) atoms. The van der Waals surface area contributed by atoms with Gasteiger partial charge in [-0.2, -0.15) is 0 Å². The van der Waals surface area contributed by atoms with Gasteiger partial charge in [-0.1, -0.05) is 12.1 Å². The quantitative estimate of drug-likeness (QED) is 0.747. The van der Waals surface area contributed by atoms with E-state index in [0.29, 0.717) is 0 Å². The van der Waals surface area contributed by atoms with Crippen molar-refractivity contribution >= 4 is 5.82 Å². The summed E-state index contributed by atoms with van der Waals surface area (Å²) in [5, 5.41) is 0. The van der Waals surface area contributed by atoms with E-state index >= 15 is 0 Å². The smallest absolute Gasteiger partial charge is 0.213 e. The molecule has 2 aliphatic rings. The van der Waals surface area contributed by atoms with E-state index in [2.05, 4.69) is 33.0 Å². The Morgan fingerprint density at radius 3 is 2.77 bits per heavy atom. The first-order chi connectivity index (χ1) is 12.8. The number of likely N-dealkylation sites (tertiary alicyclic amines) is 1. The van der Waals surface area contributed by atoms with Crippen molar-refractivity contribution in [3.05, 3.63) is 47.3 Å². The van der Waals surface area contributed by atoms with Crippen molar-refractivity contribution in [2.45, 2.75) is 39.2 Å². The van der Waals surface area contributed by atoms with Gasteiger partial charge in [0.15, 0.2) is 0 Å². The Kier molecular flexibility index (Phi) is 5.34. The molecule has 5 nitrogen and oxygen atoms in total. The number of fused-ring (bicyclic) bond motifs is 1. The molecule has 0 atom stereocenters. The van der Waals surface area contributed by atoms with Crippen LogP contribution >= 0.6 is 0 Å². The Morgan fingerprint density at radius 2 is 1.92 bits per heavy atom. The van der Waals surface area contributed by atoms with E-state index in [0.717, 1.165) is 56.5 Å². The van der Waals surface area contributed by atoms with Crippen LogP contribution in [-0.2, 0) is 13.0 Å². The van der Waals surface area contributed by atoms with E-state index < -0.39 is 0 Å². The fourth-order valence-electron chi connectivity index (χ4n) is 3.85. The van der Waals surface area contributed by atoms with Gasteiger partial charge in [-0.05, 0) is 57.0 Å². The summed E-state index contributed by atoms with van der Waals surface area (Å²) in [7, 11) is 0. The SMILES string of the molecule is Cc1cccc(N2CCc3nc(OCCCN4CCCC4)ccc3C2)n1. The Morgan fingerprint density at radius 1 is 1.04 bits per heavy atom. The monoisotopic (exact) mass is 352 g/mol. The molecule has 0 radical (unpaired) electrons. The third-order valence-electron chi connectivity index (χ3n) is 5.29. The van der Waals surface area contributed by atoms with E-state index in [1.54, 1.807) is 0 Å². The van der Waals surface area contributed by atoms with Gasteiger partial charge in [0.05, 0.1) is 12.3 Å². The van der Waals surface area contributed by atoms with Crippen molar-refractivity contribution in [2.75, 3.05) is 37.7 Å². The molecule has 0 aliphatic carbocycles. The Hall–Kier alpha value is -2.14. The van der Waals surface area contributed by atoms with Gasteiger partial charge in [0.1, 0.15) is 5.82 Å². The minimum absolute atomic E-state index is 0.752. The van der Waals surface area contributed by atoms with Crippen molar-refractivity contribution in [1.82, 2.24) is 14.9 Å². The Bertz CT molecular complexity index is 743. The number of ether oxygens (including phenoxy) is 1. The normalized spacial score (nSPS) is 17.3. The molecule has 4 rings (SSSR count). The zero-order valence-electron chi connectivity index (χ0n) is 15.7. The molecule has 0 aromatic carbocycles. The molecule has 0 spiro atoms. The molecule has 2 aromatic rings. The van der Waals surface area contributed by atoms with Crippen LogP contribution in [0.25, 0.3) is 0 Å². The number of pyridine rings is 2. The summed E-state index contributed by atoms with van der Waals surface area (Å²) in [6.45, 7) is 8.26. The molecule has 0 amide bonds. The summed E-state index contributed by atoms with van der Waals surface area (Å²) >= 11 is 0. The summed E-state index contributed by atoms with van der Waals surface area (Å²) in [4.78, 5) is 14.2. The highest BCUT2D eigenvalue weighted by atomic mass is 16.5. The first-order valence-corrected chi connectivity index (χ1v) is 9.80. The molecule has 2 aliphatic heterocycles. The van der Waals surface area contributed by atoms with Crippen LogP contribution < -0.4 is 9.64 Å². The minimum atomic E-state index is 0.752. The van der Waals surface area contributed by atoms with Crippen LogP contribution in [-0.4, -0.2) is 47.7 Å². The number of aryl methyl sites for hydroxylation is 1. The average Bonchev–Trinajstić information content (AvgIpc) is 3.18. The van der Waals surface area contributed by atoms with Gasteiger partial charge in [0.2, 0.25) is 5.88 Å². The molecule has 0 N–H and O–H groups in total. The van der Waals surface area contributed by atoms with Crippen molar-refractivity contribution < 1.29 is 4.74 Å². The zero-order chi connectivity index (χ0) is 17.8. The highest BCUT2D eigenvalue weighted by molar-refractivity contribution is 5.43. The summed E-state index contributed by atoms with van der Waals surface area (Å²) in [5.41, 5.74) is 3.51. The maximum absolute atomic E-state index is 5.90. The van der Waals surface area contributed by atoms with Gasteiger partial charge in [-0.3, -0.25) is 0 Å². The number of rotatable bonds is 6. The van der Waals surface area contributed by atoms with E-state index in [1.807, 2.05) is 19.1 Å². The molecular formula is C21H28N4O. The van der Waals surface area contributed by atoms with Crippen molar-refractivity contribution in [1.29, 1.82) is 0 Å². The van der Waals surface area contributed by atoms with Crippen LogP contribution in [0.4, 0.5) is 5.82 Å². The summed E-state index contributed by atoms with van der Waals surface area (Å²) < 4.78 is 5.90. The van der Waals surface area contributed by atoms with Gasteiger partial charge in [0.25, 0.3) is 0 Å². The van der Waals surface area contributed by atoms with E-state index in [9.17, 15) is 0 Å². The Labute approximate surface area is 156 Å². The third-order valence-corrected chi connectivity index (χ3v) is 5.29. The molecule has 0 saturated carbocycles. The van der Waals surface area contributed by atoms with Gasteiger partial charge in [0, 0.05) is 37.8 Å². The standard InChI is InChI=1S/C21H28N4O/c1-17-6-4-7-20(22-17)25-14-10-19-18(16-25)8-9-21(23-19)26-15-5-13-24-11-2-3-12-24/h4,6-9H,2-3,5,10-16H2,1H3. The second-order valence-electron chi connectivity index (χ2n) is 7.31. The predicted octanol–water partition coefficient (Wildman–Crippen LogP) is 3.21. The summed E-state index contributed by atoms with van der Waals surface area (Å²) in [6, 6.07) is 10.4. The lowest BCUT2D eigenvalue weighted by atomic mass is 10.1. The van der Waals surface area contributed by atoms with Crippen LogP contribution in [0.1, 0.15) is 36.2 Å². The van der Waals surface area contributed by atoms with Gasteiger partial charge < -0.3 is 14.5 Å². The van der Waals surface area contributed by atoms with E-state index in [-0.39, 0.29) is 0 Å². The minimum Gasteiger partial charge on any atom is -0.478 e. The van der Waals surface area contributed by atoms with Crippen molar-refractivity contribution in [3.63, 3.8) is 0 Å². The number of hydrogen-bond donors (Lipinski definition) is 0. The molecule has 4 heterocycles. The summed E-state index contributed by atoms with van der Waals surface area (Å²) in [6.07, 6.45) is 4.71. The first-order valence-electron chi connectivity index (χ1n) is 9.80. The second kappa shape index (κ2) is 8.04. The fourth-order valence-corrected chi connectivity index (χ4v) is 3.85. The lowest BCUT2D eigenvalue weighted by Crippen LogP contribution is -2.31. The molecule has 1 fully saturated rings. The average molecular weight is 352 g/mol. The van der Waals surface area contributed by atoms with Crippen LogP contribution in [0.2, 0.25) is 0 Å². The molecule has 1 saturated heterocycles. The second-order valence-corrected chi connectivity index (χ2v) is 7.31. The van der Waals surface area contributed by atoms with Crippen LogP contribution in [0, 0.1) is 6.92 Å². The molecule has 0 unspecified atom stereocenters. The number of hydrogen-bond acceptors (Lipinski definition) is 5. The third kappa shape index (κ3) is 4.15. The van der Waals surface area contributed by atoms with Crippen LogP contribution in [0.15, 0.2) is 30.3 Å². The first kappa shape index (κ1) is 17.3. The molecule has 2 aromatic heterocycles. The molecule has 5 heteroatoms. The van der Waals surface area contributed by atoms with Crippen LogP contribution in [0.3, 0.4) is 0 Å². The van der Waals surface area contributed by atoms with Gasteiger partial charge >= 0.3 is 0 Å².